The number of aromatic nitrogens is 2. The van der Waals surface area contributed by atoms with E-state index in [0.717, 1.165) is 32.9 Å². The second-order valence-electron chi connectivity index (χ2n) is 15.0. The predicted molar refractivity (Wildman–Crippen MR) is 208 cm³/mol. The van der Waals surface area contributed by atoms with Gasteiger partial charge in [0.25, 0.3) is 0 Å². The molecule has 2 heteroatoms. The van der Waals surface area contributed by atoms with Crippen molar-refractivity contribution in [3.63, 3.8) is 0 Å². The third kappa shape index (κ3) is 3.96. The third-order valence-corrected chi connectivity index (χ3v) is 11.6. The number of hydrogen-bond acceptors (Lipinski definition) is 2. The standard InChI is InChI=1S/C48H36N2/c1-47(2)41-15-7-5-11-33(41)35-19-17-29(27-43(35)47)31-21-23-39(45-37(31)13-9-25-49-45)40-24-22-32(38-14-10-26-50-46(38)40)30-18-20-36-34-12-6-8-16-42(34)48(3,4)44(36)28-30/h5-28H,1-4H3. The lowest BCUT2D eigenvalue weighted by Crippen LogP contribution is -2.14. The van der Waals surface area contributed by atoms with E-state index in [1.165, 1.54) is 66.8 Å². The Morgan fingerprint density at radius 2 is 0.720 bits per heavy atom. The fourth-order valence-corrected chi connectivity index (χ4v) is 9.03. The van der Waals surface area contributed by atoms with Crippen LogP contribution in [0.5, 0.6) is 0 Å². The van der Waals surface area contributed by atoms with Crippen LogP contribution in [-0.4, -0.2) is 9.97 Å². The minimum atomic E-state index is -0.0547. The first-order valence-electron chi connectivity index (χ1n) is 17.6. The molecule has 0 N–H and O–H groups in total. The SMILES string of the molecule is CC1(C)c2ccccc2-c2ccc(-c3ccc(-c4ccc(-c5ccc6c(c5)C(C)(C)c5ccccc5-6)c5cccnc45)c4ncccc34)cc21. The first-order valence-corrected chi connectivity index (χ1v) is 17.6. The molecule has 0 spiro atoms. The number of pyridine rings is 2. The monoisotopic (exact) mass is 640 g/mol. The Morgan fingerprint density at radius 1 is 0.340 bits per heavy atom. The molecule has 6 aromatic carbocycles. The summed E-state index contributed by atoms with van der Waals surface area (Å²) < 4.78 is 0. The molecule has 2 heterocycles. The summed E-state index contributed by atoms with van der Waals surface area (Å²) >= 11 is 0. The molecule has 0 bridgehead atoms. The highest BCUT2D eigenvalue weighted by molar-refractivity contribution is 6.10. The van der Waals surface area contributed by atoms with Crippen LogP contribution in [0.15, 0.2) is 146 Å². The van der Waals surface area contributed by atoms with Gasteiger partial charge in [-0.2, -0.15) is 0 Å². The molecule has 2 aromatic heterocycles. The van der Waals surface area contributed by atoms with Crippen molar-refractivity contribution in [2.24, 2.45) is 0 Å². The zero-order valence-corrected chi connectivity index (χ0v) is 28.8. The molecule has 2 aliphatic carbocycles. The summed E-state index contributed by atoms with van der Waals surface area (Å²) in [6, 6.07) is 49.2. The summed E-state index contributed by atoms with van der Waals surface area (Å²) in [5.41, 5.74) is 19.8. The molecule has 0 unspecified atom stereocenters. The molecule has 0 atom stereocenters. The second-order valence-corrected chi connectivity index (χ2v) is 15.0. The lowest BCUT2D eigenvalue weighted by Gasteiger charge is -2.22. The minimum absolute atomic E-state index is 0.0547. The molecular formula is C48H36N2. The first kappa shape index (κ1) is 29.1. The summed E-state index contributed by atoms with van der Waals surface area (Å²) in [6.45, 7) is 9.37. The molecule has 2 aliphatic rings. The predicted octanol–water partition coefficient (Wildman–Crippen LogP) is 12.4. The Bertz CT molecular complexity index is 2520. The average Bonchev–Trinajstić information content (AvgIpc) is 3.53. The van der Waals surface area contributed by atoms with Gasteiger partial charge in [0.1, 0.15) is 0 Å². The lowest BCUT2D eigenvalue weighted by atomic mass is 9.81. The van der Waals surface area contributed by atoms with E-state index in [1.807, 2.05) is 12.4 Å². The fourth-order valence-electron chi connectivity index (χ4n) is 9.03. The van der Waals surface area contributed by atoms with Gasteiger partial charge < -0.3 is 0 Å². The van der Waals surface area contributed by atoms with E-state index < -0.39 is 0 Å². The molecule has 10 rings (SSSR count). The molecule has 50 heavy (non-hydrogen) atoms. The topological polar surface area (TPSA) is 25.8 Å². The second kappa shape index (κ2) is 10.3. The lowest BCUT2D eigenvalue weighted by molar-refractivity contribution is 0.660. The number of fused-ring (bicyclic) bond motifs is 8. The van der Waals surface area contributed by atoms with E-state index in [4.69, 9.17) is 9.97 Å². The number of nitrogens with zero attached hydrogens (tertiary/aromatic N) is 2. The van der Waals surface area contributed by atoms with Crippen LogP contribution in [0.25, 0.3) is 77.4 Å². The Morgan fingerprint density at radius 3 is 1.18 bits per heavy atom. The van der Waals surface area contributed by atoms with E-state index in [9.17, 15) is 0 Å². The molecule has 0 amide bonds. The van der Waals surface area contributed by atoms with Crippen molar-refractivity contribution < 1.29 is 0 Å². The zero-order chi connectivity index (χ0) is 33.8. The van der Waals surface area contributed by atoms with Gasteiger partial charge in [0.2, 0.25) is 0 Å². The molecule has 0 saturated heterocycles. The average molecular weight is 641 g/mol. The Labute approximate surface area is 293 Å². The van der Waals surface area contributed by atoms with Crippen LogP contribution in [0, 0.1) is 0 Å². The Hall–Kier alpha value is -5.86. The highest BCUT2D eigenvalue weighted by Crippen LogP contribution is 2.51. The smallest absolute Gasteiger partial charge is 0.0787 e. The van der Waals surface area contributed by atoms with Crippen molar-refractivity contribution in [3.8, 4) is 55.6 Å². The van der Waals surface area contributed by atoms with Crippen molar-refractivity contribution in [2.75, 3.05) is 0 Å². The van der Waals surface area contributed by atoms with E-state index in [-0.39, 0.29) is 10.8 Å². The summed E-state index contributed by atoms with van der Waals surface area (Å²) in [5.74, 6) is 0. The first-order chi connectivity index (χ1) is 24.3. The van der Waals surface area contributed by atoms with Crippen LogP contribution in [0.2, 0.25) is 0 Å². The van der Waals surface area contributed by atoms with Crippen molar-refractivity contribution in [1.29, 1.82) is 0 Å². The molecule has 0 saturated carbocycles. The van der Waals surface area contributed by atoms with Gasteiger partial charge in [-0.05, 0) is 91.0 Å². The molecule has 0 aliphatic heterocycles. The molecule has 0 fully saturated rings. The van der Waals surface area contributed by atoms with Crippen molar-refractivity contribution in [3.05, 3.63) is 168 Å². The number of rotatable bonds is 3. The zero-order valence-electron chi connectivity index (χ0n) is 28.8. The van der Waals surface area contributed by atoms with Gasteiger partial charge in [0.05, 0.1) is 11.0 Å². The minimum Gasteiger partial charge on any atom is -0.256 e. The van der Waals surface area contributed by atoms with E-state index >= 15 is 0 Å². The Balaban J connectivity index is 1.11. The number of hydrogen-bond donors (Lipinski definition) is 0. The molecular weight excluding hydrogens is 605 g/mol. The van der Waals surface area contributed by atoms with Crippen LogP contribution >= 0.6 is 0 Å². The van der Waals surface area contributed by atoms with Gasteiger partial charge in [0.15, 0.2) is 0 Å². The summed E-state index contributed by atoms with van der Waals surface area (Å²) in [5, 5.41) is 2.29. The van der Waals surface area contributed by atoms with Gasteiger partial charge >= 0.3 is 0 Å². The van der Waals surface area contributed by atoms with Crippen LogP contribution < -0.4 is 0 Å². The van der Waals surface area contributed by atoms with E-state index in [0.29, 0.717) is 0 Å². The van der Waals surface area contributed by atoms with Crippen LogP contribution in [0.1, 0.15) is 49.9 Å². The van der Waals surface area contributed by atoms with Crippen molar-refractivity contribution >= 4 is 21.8 Å². The molecule has 238 valence electrons. The maximum absolute atomic E-state index is 5.01. The molecule has 0 radical (unpaired) electrons. The van der Waals surface area contributed by atoms with E-state index in [2.05, 4.69) is 161 Å². The largest absolute Gasteiger partial charge is 0.256 e. The van der Waals surface area contributed by atoms with Crippen LogP contribution in [0.4, 0.5) is 0 Å². The summed E-state index contributed by atoms with van der Waals surface area (Å²) in [4.78, 5) is 10.0. The normalized spacial score (nSPS) is 14.7. The van der Waals surface area contributed by atoms with Gasteiger partial charge in [0, 0.05) is 45.1 Å². The number of benzene rings is 6. The highest BCUT2D eigenvalue weighted by Gasteiger charge is 2.36. The van der Waals surface area contributed by atoms with Crippen LogP contribution in [-0.2, 0) is 10.8 Å². The van der Waals surface area contributed by atoms with Gasteiger partial charge in [-0.25, -0.2) is 0 Å². The Kier molecular flexibility index (Phi) is 6.01. The van der Waals surface area contributed by atoms with Gasteiger partial charge in [-0.3, -0.25) is 9.97 Å². The molecule has 8 aromatic rings. The summed E-state index contributed by atoms with van der Waals surface area (Å²) in [6.07, 6.45) is 3.82. The maximum Gasteiger partial charge on any atom is 0.0787 e. The molecule has 2 nitrogen and oxygen atoms in total. The van der Waals surface area contributed by atoms with Crippen molar-refractivity contribution in [1.82, 2.24) is 9.97 Å². The quantitative estimate of drug-likeness (QED) is 0.192. The van der Waals surface area contributed by atoms with Gasteiger partial charge in [-0.1, -0.05) is 137 Å². The maximum atomic E-state index is 5.01. The third-order valence-electron chi connectivity index (χ3n) is 11.6. The van der Waals surface area contributed by atoms with Crippen molar-refractivity contribution in [2.45, 2.75) is 38.5 Å². The summed E-state index contributed by atoms with van der Waals surface area (Å²) in [7, 11) is 0. The fraction of sp³-hybridized carbons (Fsp3) is 0.125. The highest BCUT2D eigenvalue weighted by atomic mass is 14.7. The van der Waals surface area contributed by atoms with E-state index in [1.54, 1.807) is 0 Å². The van der Waals surface area contributed by atoms with Gasteiger partial charge in [-0.15, -0.1) is 0 Å². The van der Waals surface area contributed by atoms with Crippen LogP contribution in [0.3, 0.4) is 0 Å².